The molecule has 0 radical (unpaired) electrons. The van der Waals surface area contributed by atoms with Crippen LogP contribution in [0.1, 0.15) is 31.4 Å². The minimum atomic E-state index is -0.258. The van der Waals surface area contributed by atoms with Gasteiger partial charge < -0.3 is 10.0 Å². The average Bonchev–Trinajstić information content (AvgIpc) is 3.08. The van der Waals surface area contributed by atoms with Crippen LogP contribution in [0.5, 0.6) is 0 Å². The molecular weight excluding hydrogens is 324 g/mol. The van der Waals surface area contributed by atoms with E-state index >= 15 is 0 Å². The van der Waals surface area contributed by atoms with Gasteiger partial charge in [-0.3, -0.25) is 9.69 Å². The number of aliphatic hydroxyl groups excluding tert-OH is 1. The topological polar surface area (TPSA) is 43.8 Å². The van der Waals surface area contributed by atoms with Gasteiger partial charge in [-0.25, -0.2) is 0 Å². The molecule has 1 heterocycles. The van der Waals surface area contributed by atoms with E-state index in [0.717, 1.165) is 30.6 Å². The standard InChI is InChI=1S/C22H30N2O2/c1-4-6-10-18(5-2)15-22(26)23(3)21(19-11-8-7-9-12-19)17-24-14-13-20(25)16-24/h4-12,20-21,25H,1,13-17H2,2-3H3/b10-6-,18-5+/t20-,21?/m0/s1. The first-order valence-corrected chi connectivity index (χ1v) is 9.20. The fraction of sp³-hybridized carbons (Fsp3) is 0.409. The second-order valence-corrected chi connectivity index (χ2v) is 6.77. The van der Waals surface area contributed by atoms with Crippen molar-refractivity contribution in [2.24, 2.45) is 0 Å². The Balaban J connectivity index is 2.14. The molecule has 1 N–H and O–H groups in total. The van der Waals surface area contributed by atoms with Gasteiger partial charge in [0, 0.05) is 26.7 Å². The normalized spacial score (nSPS) is 19.7. The van der Waals surface area contributed by atoms with Crippen molar-refractivity contribution < 1.29 is 9.90 Å². The summed E-state index contributed by atoms with van der Waals surface area (Å²) < 4.78 is 0. The first-order valence-electron chi connectivity index (χ1n) is 9.20. The lowest BCUT2D eigenvalue weighted by molar-refractivity contribution is -0.131. The quantitative estimate of drug-likeness (QED) is 0.728. The predicted molar refractivity (Wildman–Crippen MR) is 107 cm³/mol. The molecule has 1 fully saturated rings. The Morgan fingerprint density at radius 3 is 2.73 bits per heavy atom. The number of hydrogen-bond acceptors (Lipinski definition) is 3. The maximum Gasteiger partial charge on any atom is 0.227 e. The molecule has 0 spiro atoms. The van der Waals surface area contributed by atoms with Crippen LogP contribution in [0.3, 0.4) is 0 Å². The summed E-state index contributed by atoms with van der Waals surface area (Å²) in [5.41, 5.74) is 2.10. The number of amides is 1. The van der Waals surface area contributed by atoms with Crippen LogP contribution in [0, 0.1) is 0 Å². The zero-order valence-electron chi connectivity index (χ0n) is 15.8. The van der Waals surface area contributed by atoms with Gasteiger partial charge in [-0.1, -0.05) is 61.2 Å². The third-order valence-corrected chi connectivity index (χ3v) is 4.90. The van der Waals surface area contributed by atoms with Crippen LogP contribution in [0.2, 0.25) is 0 Å². The van der Waals surface area contributed by atoms with Crippen LogP contribution in [-0.4, -0.2) is 53.6 Å². The molecule has 2 rings (SSSR count). The maximum atomic E-state index is 12.9. The summed E-state index contributed by atoms with van der Waals surface area (Å²) in [6.45, 7) is 7.90. The number of rotatable bonds is 8. The lowest BCUT2D eigenvalue weighted by Gasteiger charge is -2.32. The van der Waals surface area contributed by atoms with Gasteiger partial charge in [-0.05, 0) is 24.5 Å². The average molecular weight is 354 g/mol. The van der Waals surface area contributed by atoms with E-state index in [-0.39, 0.29) is 18.1 Å². The molecule has 1 aliphatic heterocycles. The van der Waals surface area contributed by atoms with E-state index < -0.39 is 0 Å². The van der Waals surface area contributed by atoms with Crippen molar-refractivity contribution in [3.63, 3.8) is 0 Å². The zero-order valence-corrected chi connectivity index (χ0v) is 15.8. The third-order valence-electron chi connectivity index (χ3n) is 4.90. The van der Waals surface area contributed by atoms with Crippen molar-refractivity contribution in [2.45, 2.75) is 31.9 Å². The van der Waals surface area contributed by atoms with Crippen LogP contribution in [0.25, 0.3) is 0 Å². The number of likely N-dealkylation sites (tertiary alicyclic amines) is 1. The SMILES string of the molecule is C=C/C=C\C(=C/C)CC(=O)N(C)C(CN1CC[C@H](O)C1)c1ccccc1. The van der Waals surface area contributed by atoms with E-state index in [0.29, 0.717) is 13.0 Å². The van der Waals surface area contributed by atoms with Crippen molar-refractivity contribution in [3.8, 4) is 0 Å². The van der Waals surface area contributed by atoms with E-state index in [1.165, 1.54) is 0 Å². The Hall–Kier alpha value is -2.17. The Morgan fingerprint density at radius 1 is 1.42 bits per heavy atom. The van der Waals surface area contributed by atoms with Crippen molar-refractivity contribution in [2.75, 3.05) is 26.7 Å². The van der Waals surface area contributed by atoms with Crippen molar-refractivity contribution >= 4 is 5.91 Å². The number of aliphatic hydroxyl groups is 1. The highest BCUT2D eigenvalue weighted by Gasteiger charge is 2.28. The molecule has 1 unspecified atom stereocenters. The molecule has 140 valence electrons. The van der Waals surface area contributed by atoms with Crippen molar-refractivity contribution in [3.05, 3.63) is 72.4 Å². The molecule has 26 heavy (non-hydrogen) atoms. The number of carbonyl (C=O) groups is 1. The number of carbonyl (C=O) groups excluding carboxylic acids is 1. The minimum absolute atomic E-state index is 0.0320. The highest BCUT2D eigenvalue weighted by Crippen LogP contribution is 2.24. The Labute approximate surface area is 157 Å². The van der Waals surface area contributed by atoms with Gasteiger partial charge in [0.2, 0.25) is 5.91 Å². The van der Waals surface area contributed by atoms with E-state index in [1.807, 2.05) is 55.3 Å². The van der Waals surface area contributed by atoms with Crippen LogP contribution in [-0.2, 0) is 4.79 Å². The van der Waals surface area contributed by atoms with Gasteiger partial charge in [0.15, 0.2) is 0 Å². The summed E-state index contributed by atoms with van der Waals surface area (Å²) in [7, 11) is 1.87. The molecule has 4 nitrogen and oxygen atoms in total. The lowest BCUT2D eigenvalue weighted by atomic mass is 10.0. The Morgan fingerprint density at radius 2 is 2.15 bits per heavy atom. The monoisotopic (exact) mass is 354 g/mol. The van der Waals surface area contributed by atoms with Crippen LogP contribution >= 0.6 is 0 Å². The molecular formula is C22H30N2O2. The van der Waals surface area contributed by atoms with Crippen LogP contribution < -0.4 is 0 Å². The van der Waals surface area contributed by atoms with Gasteiger partial charge in [0.25, 0.3) is 0 Å². The van der Waals surface area contributed by atoms with Crippen molar-refractivity contribution in [1.29, 1.82) is 0 Å². The highest BCUT2D eigenvalue weighted by molar-refractivity contribution is 5.79. The molecule has 1 amide bonds. The fourth-order valence-electron chi connectivity index (χ4n) is 3.27. The van der Waals surface area contributed by atoms with Crippen LogP contribution in [0.4, 0.5) is 0 Å². The molecule has 4 heteroatoms. The molecule has 1 saturated heterocycles. The van der Waals surface area contributed by atoms with Gasteiger partial charge in [-0.15, -0.1) is 0 Å². The number of allylic oxidation sites excluding steroid dienone is 4. The molecule has 0 saturated carbocycles. The van der Waals surface area contributed by atoms with Crippen molar-refractivity contribution in [1.82, 2.24) is 9.80 Å². The first-order chi connectivity index (χ1) is 12.5. The molecule has 1 aromatic rings. The summed E-state index contributed by atoms with van der Waals surface area (Å²) in [5.74, 6) is 0.0837. The smallest absolute Gasteiger partial charge is 0.227 e. The fourth-order valence-corrected chi connectivity index (χ4v) is 3.27. The van der Waals surface area contributed by atoms with Gasteiger partial charge in [0.1, 0.15) is 0 Å². The number of likely N-dealkylation sites (N-methyl/N-ethyl adjacent to an activating group) is 1. The Bertz CT molecular complexity index is 651. The zero-order chi connectivity index (χ0) is 18.9. The lowest BCUT2D eigenvalue weighted by Crippen LogP contribution is -2.39. The largest absolute Gasteiger partial charge is 0.392 e. The predicted octanol–water partition coefficient (Wildman–Crippen LogP) is 3.33. The first kappa shape index (κ1) is 20.1. The number of benzene rings is 1. The number of hydrogen-bond donors (Lipinski definition) is 1. The summed E-state index contributed by atoms with van der Waals surface area (Å²) in [5, 5.41) is 9.82. The van der Waals surface area contributed by atoms with E-state index in [9.17, 15) is 9.90 Å². The van der Waals surface area contributed by atoms with Gasteiger partial charge >= 0.3 is 0 Å². The summed E-state index contributed by atoms with van der Waals surface area (Å²) in [6, 6.07) is 10.1. The van der Waals surface area contributed by atoms with E-state index in [1.54, 1.807) is 6.08 Å². The minimum Gasteiger partial charge on any atom is -0.392 e. The maximum absolute atomic E-state index is 12.9. The molecule has 0 bridgehead atoms. The number of nitrogens with zero attached hydrogens (tertiary/aromatic N) is 2. The molecule has 0 aliphatic carbocycles. The van der Waals surface area contributed by atoms with Gasteiger partial charge in [-0.2, -0.15) is 0 Å². The van der Waals surface area contributed by atoms with E-state index in [4.69, 9.17) is 0 Å². The molecule has 1 aromatic carbocycles. The second-order valence-electron chi connectivity index (χ2n) is 6.77. The molecule has 0 aromatic heterocycles. The number of β-amino-alcohol motifs (C(OH)–C–C–N with tert-alkyl or cyclic N) is 1. The second kappa shape index (κ2) is 10.1. The highest BCUT2D eigenvalue weighted by atomic mass is 16.3. The Kier molecular flexibility index (Phi) is 7.82. The van der Waals surface area contributed by atoms with Gasteiger partial charge in [0.05, 0.1) is 18.6 Å². The summed E-state index contributed by atoms with van der Waals surface area (Å²) in [6.07, 6.45) is 8.35. The van der Waals surface area contributed by atoms with Crippen LogP contribution in [0.15, 0.2) is 66.8 Å². The summed E-state index contributed by atoms with van der Waals surface area (Å²) in [4.78, 5) is 17.0. The van der Waals surface area contributed by atoms with E-state index in [2.05, 4.69) is 23.6 Å². The third kappa shape index (κ3) is 5.68. The molecule has 2 atom stereocenters. The summed E-state index contributed by atoms with van der Waals surface area (Å²) >= 11 is 0. The molecule has 1 aliphatic rings.